The van der Waals surface area contributed by atoms with Crippen LogP contribution in [0.1, 0.15) is 17.3 Å². The highest BCUT2D eigenvalue weighted by Crippen LogP contribution is 2.15. The first kappa shape index (κ1) is 15.3. The molecule has 1 saturated heterocycles. The van der Waals surface area contributed by atoms with Gasteiger partial charge in [-0.15, -0.1) is 0 Å². The Labute approximate surface area is 124 Å². The maximum atomic E-state index is 12.4. The van der Waals surface area contributed by atoms with Crippen molar-refractivity contribution in [2.75, 3.05) is 33.3 Å². The van der Waals surface area contributed by atoms with Crippen LogP contribution in [0.2, 0.25) is 0 Å². The first-order valence-electron chi connectivity index (χ1n) is 6.99. The van der Waals surface area contributed by atoms with Crippen LogP contribution < -0.4 is 10.5 Å². The average molecular weight is 291 g/mol. The molecule has 0 saturated carbocycles. The van der Waals surface area contributed by atoms with Crippen LogP contribution in [0.5, 0.6) is 5.75 Å². The fourth-order valence-corrected chi connectivity index (χ4v) is 2.41. The molecule has 0 spiro atoms. The molecule has 1 atom stereocenters. The molecular formula is C15H21N3O3. The summed E-state index contributed by atoms with van der Waals surface area (Å²) in [5, 5.41) is 0. The molecule has 1 aliphatic heterocycles. The number of nitrogens with two attached hydrogens (primary N) is 1. The highest BCUT2D eigenvalue weighted by molar-refractivity contribution is 5.94. The molecule has 0 radical (unpaired) electrons. The lowest BCUT2D eigenvalue weighted by Gasteiger charge is -2.37. The molecule has 1 fully saturated rings. The van der Waals surface area contributed by atoms with Gasteiger partial charge in [0.05, 0.1) is 13.2 Å². The van der Waals surface area contributed by atoms with Gasteiger partial charge in [0.2, 0.25) is 5.91 Å². The van der Waals surface area contributed by atoms with E-state index in [0.717, 1.165) is 5.75 Å². The minimum absolute atomic E-state index is 0.00373. The van der Waals surface area contributed by atoms with Crippen LogP contribution in [0, 0.1) is 0 Å². The highest BCUT2D eigenvalue weighted by atomic mass is 16.5. The smallest absolute Gasteiger partial charge is 0.253 e. The molecule has 2 rings (SSSR count). The number of hydrogen-bond acceptors (Lipinski definition) is 4. The third-order valence-corrected chi connectivity index (χ3v) is 3.90. The van der Waals surface area contributed by atoms with E-state index in [2.05, 4.69) is 0 Å². The number of hydrogen-bond donors (Lipinski definition) is 1. The van der Waals surface area contributed by atoms with Gasteiger partial charge < -0.3 is 15.4 Å². The Kier molecular flexibility index (Phi) is 4.80. The summed E-state index contributed by atoms with van der Waals surface area (Å²) in [6.45, 7) is 4.31. The Hall–Kier alpha value is -2.08. The molecule has 0 bridgehead atoms. The predicted molar refractivity (Wildman–Crippen MR) is 79.1 cm³/mol. The Balaban J connectivity index is 1.95. The van der Waals surface area contributed by atoms with Crippen molar-refractivity contribution < 1.29 is 14.3 Å². The van der Waals surface area contributed by atoms with E-state index in [1.807, 2.05) is 4.90 Å². The zero-order chi connectivity index (χ0) is 15.4. The number of rotatable bonds is 4. The Bertz CT molecular complexity index is 507. The summed E-state index contributed by atoms with van der Waals surface area (Å²) in [6, 6.07) is 6.79. The quantitative estimate of drug-likeness (QED) is 0.867. The van der Waals surface area contributed by atoms with E-state index in [-0.39, 0.29) is 17.9 Å². The van der Waals surface area contributed by atoms with E-state index >= 15 is 0 Å². The molecule has 0 aliphatic carbocycles. The summed E-state index contributed by atoms with van der Waals surface area (Å²) in [7, 11) is 1.59. The van der Waals surface area contributed by atoms with Crippen LogP contribution in [0.4, 0.5) is 0 Å². The fourth-order valence-electron chi connectivity index (χ4n) is 2.41. The Morgan fingerprint density at radius 3 is 2.19 bits per heavy atom. The lowest BCUT2D eigenvalue weighted by molar-refractivity contribution is -0.123. The molecule has 2 amide bonds. The van der Waals surface area contributed by atoms with E-state index in [4.69, 9.17) is 10.5 Å². The van der Waals surface area contributed by atoms with Gasteiger partial charge in [0.15, 0.2) is 0 Å². The van der Waals surface area contributed by atoms with Crippen molar-refractivity contribution in [3.05, 3.63) is 29.8 Å². The molecule has 1 heterocycles. The third-order valence-electron chi connectivity index (χ3n) is 3.90. The lowest BCUT2D eigenvalue weighted by Crippen LogP contribution is -2.54. The second kappa shape index (κ2) is 6.58. The topological polar surface area (TPSA) is 75.9 Å². The SMILES string of the molecule is COc1ccc(C(=O)N2CCN(C(C)C(N)=O)CC2)cc1. The van der Waals surface area contributed by atoms with Crippen molar-refractivity contribution in [3.8, 4) is 5.75 Å². The highest BCUT2D eigenvalue weighted by Gasteiger charge is 2.26. The van der Waals surface area contributed by atoms with Crippen LogP contribution >= 0.6 is 0 Å². The number of amides is 2. The van der Waals surface area contributed by atoms with Crippen LogP contribution in [-0.4, -0.2) is 60.9 Å². The van der Waals surface area contributed by atoms with Gasteiger partial charge in [-0.1, -0.05) is 0 Å². The number of carbonyl (C=O) groups excluding carboxylic acids is 2. The number of benzene rings is 1. The van der Waals surface area contributed by atoms with E-state index in [1.54, 1.807) is 43.2 Å². The summed E-state index contributed by atoms with van der Waals surface area (Å²) < 4.78 is 5.08. The summed E-state index contributed by atoms with van der Waals surface area (Å²) in [6.07, 6.45) is 0. The van der Waals surface area contributed by atoms with E-state index < -0.39 is 0 Å². The van der Waals surface area contributed by atoms with Crippen molar-refractivity contribution in [1.82, 2.24) is 9.80 Å². The molecule has 1 aromatic carbocycles. The summed E-state index contributed by atoms with van der Waals surface area (Å²) in [5.41, 5.74) is 5.95. The monoisotopic (exact) mass is 291 g/mol. The minimum atomic E-state index is -0.329. The molecule has 1 unspecified atom stereocenters. The molecule has 6 heteroatoms. The number of ether oxygens (including phenoxy) is 1. The van der Waals surface area contributed by atoms with Gasteiger partial charge in [0, 0.05) is 31.7 Å². The number of primary amides is 1. The van der Waals surface area contributed by atoms with Crippen LogP contribution in [0.25, 0.3) is 0 Å². The Morgan fingerprint density at radius 2 is 1.71 bits per heavy atom. The van der Waals surface area contributed by atoms with E-state index in [9.17, 15) is 9.59 Å². The van der Waals surface area contributed by atoms with Gasteiger partial charge >= 0.3 is 0 Å². The lowest BCUT2D eigenvalue weighted by atomic mass is 10.1. The van der Waals surface area contributed by atoms with Crippen molar-refractivity contribution in [1.29, 1.82) is 0 Å². The second-order valence-electron chi connectivity index (χ2n) is 5.14. The maximum absolute atomic E-state index is 12.4. The van der Waals surface area contributed by atoms with Gasteiger partial charge in [-0.25, -0.2) is 0 Å². The van der Waals surface area contributed by atoms with Gasteiger partial charge in [-0.05, 0) is 31.2 Å². The first-order valence-corrected chi connectivity index (χ1v) is 6.99. The number of nitrogens with zero attached hydrogens (tertiary/aromatic N) is 2. The molecule has 114 valence electrons. The van der Waals surface area contributed by atoms with Crippen molar-refractivity contribution in [3.63, 3.8) is 0 Å². The number of piperazine rings is 1. The van der Waals surface area contributed by atoms with Crippen molar-refractivity contribution in [2.24, 2.45) is 5.73 Å². The van der Waals surface area contributed by atoms with Gasteiger partial charge in [-0.3, -0.25) is 14.5 Å². The fraction of sp³-hybridized carbons (Fsp3) is 0.467. The van der Waals surface area contributed by atoms with Crippen LogP contribution in [-0.2, 0) is 4.79 Å². The molecule has 21 heavy (non-hydrogen) atoms. The number of carbonyl (C=O) groups is 2. The molecule has 1 aliphatic rings. The van der Waals surface area contributed by atoms with Crippen LogP contribution in [0.3, 0.4) is 0 Å². The summed E-state index contributed by atoms with van der Waals surface area (Å²) in [5.74, 6) is 0.403. The molecule has 6 nitrogen and oxygen atoms in total. The minimum Gasteiger partial charge on any atom is -0.497 e. The van der Waals surface area contributed by atoms with Gasteiger partial charge in [0.1, 0.15) is 5.75 Å². The summed E-state index contributed by atoms with van der Waals surface area (Å²) in [4.78, 5) is 27.4. The zero-order valence-corrected chi connectivity index (χ0v) is 12.4. The second-order valence-corrected chi connectivity index (χ2v) is 5.14. The molecule has 1 aromatic rings. The Morgan fingerprint density at radius 1 is 1.14 bits per heavy atom. The molecule has 0 aromatic heterocycles. The van der Waals surface area contributed by atoms with Crippen molar-refractivity contribution >= 4 is 11.8 Å². The summed E-state index contributed by atoms with van der Waals surface area (Å²) >= 11 is 0. The molecule has 2 N–H and O–H groups in total. The normalized spacial score (nSPS) is 17.3. The third kappa shape index (κ3) is 3.52. The van der Waals surface area contributed by atoms with Crippen molar-refractivity contribution in [2.45, 2.75) is 13.0 Å². The van der Waals surface area contributed by atoms with Gasteiger partial charge in [0.25, 0.3) is 5.91 Å². The average Bonchev–Trinajstić information content (AvgIpc) is 2.53. The van der Waals surface area contributed by atoms with Crippen LogP contribution in [0.15, 0.2) is 24.3 Å². The first-order chi connectivity index (χ1) is 10.0. The van der Waals surface area contributed by atoms with E-state index in [0.29, 0.717) is 31.7 Å². The number of methoxy groups -OCH3 is 1. The zero-order valence-electron chi connectivity index (χ0n) is 12.4. The maximum Gasteiger partial charge on any atom is 0.253 e. The molecular weight excluding hydrogens is 270 g/mol. The van der Waals surface area contributed by atoms with Gasteiger partial charge in [-0.2, -0.15) is 0 Å². The largest absolute Gasteiger partial charge is 0.497 e. The van der Waals surface area contributed by atoms with E-state index in [1.165, 1.54) is 0 Å². The predicted octanol–water partition coefficient (Wildman–Crippen LogP) is 0.327. The standard InChI is InChI=1S/C15H21N3O3/c1-11(14(16)19)17-7-9-18(10-8-17)15(20)12-3-5-13(21-2)6-4-12/h3-6,11H,7-10H2,1-2H3,(H2,16,19).